The van der Waals surface area contributed by atoms with Crippen molar-refractivity contribution in [1.82, 2.24) is 4.98 Å². The topological polar surface area (TPSA) is 42.4 Å². The van der Waals surface area contributed by atoms with Crippen LogP contribution in [0.1, 0.15) is 34.4 Å². The van der Waals surface area contributed by atoms with Crippen LogP contribution in [-0.2, 0) is 17.5 Å². The van der Waals surface area contributed by atoms with Crippen molar-refractivity contribution >= 4 is 34.7 Å². The minimum atomic E-state index is -4.46. The maximum atomic E-state index is 13.1. The summed E-state index contributed by atoms with van der Waals surface area (Å²) in [7, 11) is 1.53. The lowest BCUT2D eigenvalue weighted by Crippen LogP contribution is -2.32. The second-order valence-electron chi connectivity index (χ2n) is 5.91. The molecule has 0 spiro atoms. The minimum Gasteiger partial charge on any atom is -0.378 e. The molecule has 0 saturated carbocycles. The molecule has 1 unspecified atom stereocenters. The second kappa shape index (κ2) is 7.58. The molecule has 9 heteroatoms. The number of carbonyl (C=O) groups is 1. The Morgan fingerprint density at radius 2 is 2.19 bits per heavy atom. The zero-order valence-electron chi connectivity index (χ0n) is 14.2. The summed E-state index contributed by atoms with van der Waals surface area (Å²) in [5.74, 6) is -0.390. The van der Waals surface area contributed by atoms with Gasteiger partial charge in [-0.2, -0.15) is 13.2 Å². The van der Waals surface area contributed by atoms with Gasteiger partial charge in [0.25, 0.3) is 5.91 Å². The van der Waals surface area contributed by atoms with E-state index in [4.69, 9.17) is 4.74 Å². The number of thioether (sulfide) groups is 1. The number of alkyl halides is 3. The molecule has 4 nitrogen and oxygen atoms in total. The maximum Gasteiger partial charge on any atom is 0.416 e. The van der Waals surface area contributed by atoms with Crippen LogP contribution in [0.25, 0.3) is 0 Å². The molecule has 1 atom stereocenters. The van der Waals surface area contributed by atoms with E-state index in [1.807, 2.05) is 6.92 Å². The smallest absolute Gasteiger partial charge is 0.378 e. The van der Waals surface area contributed by atoms with Gasteiger partial charge in [-0.1, -0.05) is 6.92 Å². The molecule has 1 aromatic heterocycles. The fourth-order valence-corrected chi connectivity index (χ4v) is 4.49. The van der Waals surface area contributed by atoms with Crippen LogP contribution < -0.4 is 4.90 Å². The Hall–Kier alpha value is -1.58. The number of halogens is 3. The molecule has 140 valence electrons. The molecule has 1 aliphatic rings. The number of amides is 1. The molecule has 0 radical (unpaired) electrons. The van der Waals surface area contributed by atoms with Gasteiger partial charge in [0.1, 0.15) is 10.7 Å². The van der Waals surface area contributed by atoms with Crippen molar-refractivity contribution in [3.63, 3.8) is 0 Å². The van der Waals surface area contributed by atoms with Crippen LogP contribution in [0.5, 0.6) is 0 Å². The molecular weight excluding hydrogens is 385 g/mol. The van der Waals surface area contributed by atoms with Crippen molar-refractivity contribution < 1.29 is 22.7 Å². The summed E-state index contributed by atoms with van der Waals surface area (Å²) in [6.07, 6.45) is -3.78. The lowest BCUT2D eigenvalue weighted by Gasteiger charge is -2.22. The molecule has 0 bridgehead atoms. The molecule has 26 heavy (non-hydrogen) atoms. The highest BCUT2D eigenvalue weighted by atomic mass is 32.2. The quantitative estimate of drug-likeness (QED) is 0.737. The second-order valence-corrected chi connectivity index (χ2v) is 8.34. The van der Waals surface area contributed by atoms with E-state index < -0.39 is 11.7 Å². The first-order valence-corrected chi connectivity index (χ1v) is 9.68. The van der Waals surface area contributed by atoms with Gasteiger partial charge in [-0.3, -0.25) is 4.79 Å². The van der Waals surface area contributed by atoms with Crippen molar-refractivity contribution in [2.75, 3.05) is 18.6 Å². The minimum absolute atomic E-state index is 0.197. The zero-order valence-corrected chi connectivity index (χ0v) is 15.8. The highest BCUT2D eigenvalue weighted by molar-refractivity contribution is 8.00. The van der Waals surface area contributed by atoms with Gasteiger partial charge < -0.3 is 9.64 Å². The van der Waals surface area contributed by atoms with E-state index in [0.717, 1.165) is 12.1 Å². The summed E-state index contributed by atoms with van der Waals surface area (Å²) in [5, 5.41) is 2.46. The summed E-state index contributed by atoms with van der Waals surface area (Å²) in [6.45, 7) is 2.64. The molecule has 2 heterocycles. The Kier molecular flexibility index (Phi) is 5.59. The van der Waals surface area contributed by atoms with Gasteiger partial charge in [0.15, 0.2) is 0 Å². The third-order valence-electron chi connectivity index (χ3n) is 3.95. The van der Waals surface area contributed by atoms with Crippen molar-refractivity contribution in [2.45, 2.75) is 36.3 Å². The Bertz CT molecular complexity index is 808. The first kappa shape index (κ1) is 19.2. The number of aromatic nitrogens is 1. The van der Waals surface area contributed by atoms with E-state index in [9.17, 15) is 18.0 Å². The van der Waals surface area contributed by atoms with E-state index in [1.165, 1.54) is 41.2 Å². The van der Waals surface area contributed by atoms with Crippen LogP contribution in [0.2, 0.25) is 0 Å². The van der Waals surface area contributed by atoms with E-state index in [1.54, 1.807) is 5.38 Å². The van der Waals surface area contributed by atoms with E-state index in [2.05, 4.69) is 4.98 Å². The Labute approximate surface area is 157 Å². The van der Waals surface area contributed by atoms with Gasteiger partial charge in [0, 0.05) is 29.2 Å². The number of anilines is 1. The third-order valence-corrected chi connectivity index (χ3v) is 6.01. The lowest BCUT2D eigenvalue weighted by atomic mass is 10.1. The van der Waals surface area contributed by atoms with Crippen LogP contribution in [-0.4, -0.2) is 29.8 Å². The predicted molar refractivity (Wildman–Crippen MR) is 95.9 cm³/mol. The number of benzene rings is 1. The van der Waals surface area contributed by atoms with Gasteiger partial charge in [0.2, 0.25) is 0 Å². The molecule has 3 rings (SSSR count). The van der Waals surface area contributed by atoms with Gasteiger partial charge in [-0.15, -0.1) is 23.1 Å². The fourth-order valence-electron chi connectivity index (χ4n) is 2.66. The van der Waals surface area contributed by atoms with Crippen molar-refractivity contribution in [1.29, 1.82) is 0 Å². The van der Waals surface area contributed by atoms with Gasteiger partial charge >= 0.3 is 6.18 Å². The number of hydrogen-bond donors (Lipinski definition) is 0. The number of hydrogen-bond acceptors (Lipinski definition) is 5. The average molecular weight is 402 g/mol. The fraction of sp³-hybridized carbons (Fsp3) is 0.412. The number of carbonyl (C=O) groups excluding carboxylic acids is 1. The molecule has 0 fully saturated rings. The molecule has 1 aromatic carbocycles. The standard InChI is InChI=1S/C17H17F3N2O2S2/c1-10-5-6-22(16(23)12-9-25-15(21-12)8-24-2)13-7-11(17(18,19)20)3-4-14(13)26-10/h3-4,7,9-10H,5-6,8H2,1-2H3. The SMILES string of the molecule is COCc1nc(C(=O)N2CCC(C)Sc3ccc(C(F)(F)F)cc32)cs1. The van der Waals surface area contributed by atoms with Crippen molar-refractivity contribution in [3.8, 4) is 0 Å². The highest BCUT2D eigenvalue weighted by Crippen LogP contribution is 2.41. The van der Waals surface area contributed by atoms with Crippen LogP contribution in [0.15, 0.2) is 28.5 Å². The van der Waals surface area contributed by atoms with Crippen LogP contribution in [0.4, 0.5) is 18.9 Å². The average Bonchev–Trinajstić information content (AvgIpc) is 2.97. The van der Waals surface area contributed by atoms with Crippen molar-refractivity contribution in [2.24, 2.45) is 0 Å². The summed E-state index contributed by atoms with van der Waals surface area (Å²) in [5.41, 5.74) is -0.243. The summed E-state index contributed by atoms with van der Waals surface area (Å²) in [4.78, 5) is 19.3. The molecule has 0 saturated heterocycles. The number of nitrogens with zero attached hydrogens (tertiary/aromatic N) is 2. The number of ether oxygens (including phenoxy) is 1. The van der Waals surface area contributed by atoms with Crippen molar-refractivity contribution in [3.05, 3.63) is 39.8 Å². The summed E-state index contributed by atoms with van der Waals surface area (Å²) in [6, 6.07) is 3.56. The Morgan fingerprint density at radius 1 is 1.42 bits per heavy atom. The van der Waals surface area contributed by atoms with E-state index in [-0.39, 0.29) is 16.9 Å². The van der Waals surface area contributed by atoms with Crippen LogP contribution in [0, 0.1) is 0 Å². The highest BCUT2D eigenvalue weighted by Gasteiger charge is 2.34. The number of methoxy groups -OCH3 is 1. The Balaban J connectivity index is 2.00. The number of rotatable bonds is 3. The molecule has 1 amide bonds. The molecule has 1 aliphatic heterocycles. The predicted octanol–water partition coefficient (Wildman–Crippen LogP) is 4.84. The first-order chi connectivity index (χ1) is 12.3. The van der Waals surface area contributed by atoms with E-state index in [0.29, 0.717) is 35.2 Å². The van der Waals surface area contributed by atoms with Gasteiger partial charge in [-0.25, -0.2) is 4.98 Å². The summed E-state index contributed by atoms with van der Waals surface area (Å²) >= 11 is 2.77. The van der Waals surface area contributed by atoms with Gasteiger partial charge in [0.05, 0.1) is 17.9 Å². The number of thiazole rings is 1. The number of fused-ring (bicyclic) bond motifs is 1. The lowest BCUT2D eigenvalue weighted by molar-refractivity contribution is -0.137. The monoisotopic (exact) mass is 402 g/mol. The molecule has 2 aromatic rings. The molecular formula is C17H17F3N2O2S2. The zero-order chi connectivity index (χ0) is 18.9. The molecule has 0 aliphatic carbocycles. The van der Waals surface area contributed by atoms with Crippen LogP contribution in [0.3, 0.4) is 0 Å². The Morgan fingerprint density at radius 3 is 2.88 bits per heavy atom. The maximum absolute atomic E-state index is 13.1. The first-order valence-electron chi connectivity index (χ1n) is 7.92. The van der Waals surface area contributed by atoms with Gasteiger partial charge in [-0.05, 0) is 24.6 Å². The van der Waals surface area contributed by atoms with Crippen LogP contribution >= 0.6 is 23.1 Å². The normalized spacial score (nSPS) is 17.7. The summed E-state index contributed by atoms with van der Waals surface area (Å²) < 4.78 is 44.4. The van der Waals surface area contributed by atoms with E-state index >= 15 is 0 Å². The third kappa shape index (κ3) is 4.05. The largest absolute Gasteiger partial charge is 0.416 e. The molecule has 0 N–H and O–H groups in total.